The van der Waals surface area contributed by atoms with Crippen molar-refractivity contribution in [2.45, 2.75) is 341 Å². The van der Waals surface area contributed by atoms with Crippen molar-refractivity contribution in [3.8, 4) is 0 Å². The molecule has 0 fully saturated rings. The van der Waals surface area contributed by atoms with E-state index in [-0.39, 0.29) is 25.1 Å². The maximum Gasteiger partial charge on any atom is 0.472 e. The van der Waals surface area contributed by atoms with E-state index in [4.69, 9.17) is 13.8 Å². The van der Waals surface area contributed by atoms with E-state index in [9.17, 15) is 19.0 Å². The van der Waals surface area contributed by atoms with Gasteiger partial charge in [-0.3, -0.25) is 18.6 Å². The van der Waals surface area contributed by atoms with Crippen LogP contribution in [0.1, 0.15) is 329 Å². The van der Waals surface area contributed by atoms with Crippen LogP contribution < -0.4 is 5.32 Å². The van der Waals surface area contributed by atoms with Crippen molar-refractivity contribution in [1.29, 1.82) is 0 Å². The van der Waals surface area contributed by atoms with Gasteiger partial charge >= 0.3 is 13.8 Å². The Morgan fingerprint density at radius 3 is 1.18 bits per heavy atom. The number of quaternary nitrogens is 1. The van der Waals surface area contributed by atoms with E-state index in [0.29, 0.717) is 23.9 Å². The first kappa shape index (κ1) is 77.0. The number of phosphoric ester groups is 1. The maximum atomic E-state index is 13.6. The summed E-state index contributed by atoms with van der Waals surface area (Å²) >= 11 is 0. The zero-order valence-electron chi connectivity index (χ0n) is 53.1. The maximum absolute atomic E-state index is 13.6. The lowest BCUT2D eigenvalue weighted by Crippen LogP contribution is -2.47. The summed E-state index contributed by atoms with van der Waals surface area (Å²) in [7, 11) is 1.51. The summed E-state index contributed by atoms with van der Waals surface area (Å²) in [6.07, 6.45) is 74.0. The van der Waals surface area contributed by atoms with Gasteiger partial charge < -0.3 is 19.4 Å². The molecule has 10 heteroatoms. The molecule has 464 valence electrons. The highest BCUT2D eigenvalue weighted by molar-refractivity contribution is 7.47. The summed E-state index contributed by atoms with van der Waals surface area (Å²) in [6, 6.07) is -0.846. The van der Waals surface area contributed by atoms with Crippen LogP contribution in [-0.2, 0) is 27.9 Å². The minimum absolute atomic E-state index is 0.0418. The Morgan fingerprint density at radius 1 is 0.443 bits per heavy atom. The average Bonchev–Trinajstić information content (AvgIpc) is 3.41. The van der Waals surface area contributed by atoms with E-state index >= 15 is 0 Å². The lowest BCUT2D eigenvalue weighted by atomic mass is 10.0. The minimum atomic E-state index is -4.45. The number of likely N-dealkylation sites (N-methyl/N-ethyl adjacent to an activating group) is 1. The molecular formula is C69H132N2O7P+. The normalized spacial score (nSPS) is 13.9. The number of allylic oxidation sites excluding steroid dienone is 7. The van der Waals surface area contributed by atoms with Crippen molar-refractivity contribution in [2.75, 3.05) is 40.9 Å². The number of nitrogens with zero attached hydrogens (tertiary/aromatic N) is 1. The first-order valence-electron chi connectivity index (χ1n) is 34.0. The van der Waals surface area contributed by atoms with Gasteiger partial charge in [0.25, 0.3) is 0 Å². The van der Waals surface area contributed by atoms with Gasteiger partial charge in [0, 0.05) is 12.8 Å². The number of hydrogen-bond donors (Lipinski definition) is 2. The molecule has 0 saturated heterocycles. The van der Waals surface area contributed by atoms with Crippen molar-refractivity contribution < 1.29 is 37.3 Å². The van der Waals surface area contributed by atoms with E-state index < -0.39 is 20.0 Å². The number of nitrogens with one attached hydrogen (secondary N) is 1. The second-order valence-corrected chi connectivity index (χ2v) is 25.8. The lowest BCUT2D eigenvalue weighted by Gasteiger charge is -2.27. The molecular weight excluding hydrogens is 1000 g/mol. The number of ether oxygens (including phenoxy) is 1. The van der Waals surface area contributed by atoms with E-state index in [1.165, 1.54) is 225 Å². The van der Waals surface area contributed by atoms with Crippen molar-refractivity contribution in [3.63, 3.8) is 0 Å². The van der Waals surface area contributed by atoms with Crippen LogP contribution >= 0.6 is 7.82 Å². The zero-order chi connectivity index (χ0) is 57.9. The molecule has 0 aliphatic carbocycles. The third-order valence-corrected chi connectivity index (χ3v) is 16.3. The van der Waals surface area contributed by atoms with Crippen LogP contribution in [0, 0.1) is 0 Å². The number of hydrogen-bond acceptors (Lipinski definition) is 6. The molecule has 0 aromatic heterocycles. The minimum Gasteiger partial charge on any atom is -0.456 e. The fourth-order valence-corrected chi connectivity index (χ4v) is 10.7. The van der Waals surface area contributed by atoms with Gasteiger partial charge in [0.15, 0.2) is 0 Å². The van der Waals surface area contributed by atoms with Gasteiger partial charge in [-0.05, 0) is 70.3 Å². The number of phosphoric acid groups is 1. The highest BCUT2D eigenvalue weighted by Gasteiger charge is 2.30. The van der Waals surface area contributed by atoms with Crippen molar-refractivity contribution in [1.82, 2.24) is 5.32 Å². The second-order valence-electron chi connectivity index (χ2n) is 24.4. The second kappa shape index (κ2) is 59.1. The largest absolute Gasteiger partial charge is 0.472 e. The molecule has 0 saturated carbocycles. The third kappa shape index (κ3) is 60.4. The molecule has 0 heterocycles. The van der Waals surface area contributed by atoms with E-state index in [0.717, 1.165) is 70.6 Å². The average molecular weight is 1130 g/mol. The molecule has 0 aliphatic rings. The summed E-state index contributed by atoms with van der Waals surface area (Å²) in [5.74, 6) is -0.493. The van der Waals surface area contributed by atoms with Crippen LogP contribution in [-0.4, -0.2) is 74.3 Å². The van der Waals surface area contributed by atoms with Gasteiger partial charge in [-0.1, -0.05) is 294 Å². The van der Waals surface area contributed by atoms with Gasteiger partial charge in [-0.15, -0.1) is 0 Å². The van der Waals surface area contributed by atoms with Crippen LogP contribution in [0.4, 0.5) is 0 Å². The number of unbranched alkanes of at least 4 members (excludes halogenated alkanes) is 40. The molecule has 3 atom stereocenters. The first-order valence-corrected chi connectivity index (χ1v) is 35.5. The summed E-state index contributed by atoms with van der Waals surface area (Å²) in [5.41, 5.74) is 0. The predicted molar refractivity (Wildman–Crippen MR) is 342 cm³/mol. The van der Waals surface area contributed by atoms with Crippen molar-refractivity contribution in [2.24, 2.45) is 0 Å². The highest BCUT2D eigenvalue weighted by Crippen LogP contribution is 2.43. The Morgan fingerprint density at radius 2 is 0.772 bits per heavy atom. The van der Waals surface area contributed by atoms with Crippen LogP contribution in [0.15, 0.2) is 48.6 Å². The molecule has 9 nitrogen and oxygen atoms in total. The first-order chi connectivity index (χ1) is 38.4. The van der Waals surface area contributed by atoms with Crippen molar-refractivity contribution in [3.05, 3.63) is 48.6 Å². The topological polar surface area (TPSA) is 111 Å². The van der Waals surface area contributed by atoms with Gasteiger partial charge in [-0.2, -0.15) is 0 Å². The molecule has 0 bridgehead atoms. The fourth-order valence-electron chi connectivity index (χ4n) is 10.0. The Hall–Kier alpha value is -2.03. The van der Waals surface area contributed by atoms with Gasteiger partial charge in [0.2, 0.25) is 5.91 Å². The van der Waals surface area contributed by atoms with Crippen LogP contribution in [0.5, 0.6) is 0 Å². The summed E-state index contributed by atoms with van der Waals surface area (Å²) in [6.45, 7) is 7.02. The Bertz CT molecular complexity index is 1490. The third-order valence-electron chi connectivity index (χ3n) is 15.3. The van der Waals surface area contributed by atoms with Gasteiger partial charge in [0.1, 0.15) is 19.3 Å². The van der Waals surface area contributed by atoms with Gasteiger partial charge in [0.05, 0.1) is 33.8 Å². The molecule has 79 heavy (non-hydrogen) atoms. The molecule has 2 N–H and O–H groups in total. The van der Waals surface area contributed by atoms with Crippen molar-refractivity contribution >= 4 is 19.7 Å². The Kier molecular flexibility index (Phi) is 57.6. The smallest absolute Gasteiger partial charge is 0.456 e. The highest BCUT2D eigenvalue weighted by atomic mass is 31.2. The molecule has 0 aromatic carbocycles. The zero-order valence-corrected chi connectivity index (χ0v) is 54.0. The lowest BCUT2D eigenvalue weighted by molar-refractivity contribution is -0.870. The van der Waals surface area contributed by atoms with E-state index in [2.05, 4.69) is 62.5 Å². The number of esters is 1. The SMILES string of the molecule is CCCCC/C=C\C/C=C\C/C=C\CCCCCCCCCCCCCCC(=O)OC(/C=C/CCCCCCCCCCC)C(COP(=O)(O)OCC[N+](C)(C)C)NC(=O)CCCCCCCCCCCCCCCCCCC. The molecule has 0 rings (SSSR count). The number of amides is 1. The molecule has 0 aromatic rings. The van der Waals surface area contributed by atoms with E-state index in [1.807, 2.05) is 33.3 Å². The summed E-state index contributed by atoms with van der Waals surface area (Å²) < 4.78 is 30.8. The molecule has 0 aliphatic heterocycles. The van der Waals surface area contributed by atoms with Crippen LogP contribution in [0.25, 0.3) is 0 Å². The standard InChI is InChI=1S/C69H131N2O7P/c1-7-10-13-16-19-22-25-27-29-31-32-33-34-35-36-37-38-40-42-44-47-50-53-56-59-62-69(73)78-67(60-57-54-51-48-45-24-21-18-15-12-9-3)66(65-77-79(74,75)76-64-63-71(4,5)6)70-68(72)61-58-55-52-49-46-43-41-39-30-28-26-23-20-17-14-11-8-2/h19,22,27,29,32-33,57,60,66-67H,7-18,20-21,23-26,28,30-31,34-56,58-59,61-65H2,1-6H3,(H-,70,72,74,75)/p+1/b22-19-,29-27-,33-32-,60-57+. The summed E-state index contributed by atoms with van der Waals surface area (Å²) in [5, 5.41) is 3.07. The number of rotatable bonds is 62. The molecule has 3 unspecified atom stereocenters. The predicted octanol–water partition coefficient (Wildman–Crippen LogP) is 21.2. The van der Waals surface area contributed by atoms with Crippen LogP contribution in [0.3, 0.4) is 0 Å². The van der Waals surface area contributed by atoms with Gasteiger partial charge in [-0.25, -0.2) is 4.57 Å². The number of carbonyl (C=O) groups excluding carboxylic acids is 2. The quantitative estimate of drug-likeness (QED) is 0.0205. The molecule has 1 amide bonds. The molecule has 0 radical (unpaired) electrons. The summed E-state index contributed by atoms with van der Waals surface area (Å²) in [4.78, 5) is 37.8. The monoisotopic (exact) mass is 1130 g/mol. The Labute approximate surface area is 490 Å². The number of carbonyl (C=O) groups is 2. The Balaban J connectivity index is 5.04. The van der Waals surface area contributed by atoms with Crippen LogP contribution in [0.2, 0.25) is 0 Å². The molecule has 0 spiro atoms. The fraction of sp³-hybridized carbons (Fsp3) is 0.855. The van der Waals surface area contributed by atoms with E-state index in [1.54, 1.807) is 0 Å².